The van der Waals surface area contributed by atoms with Gasteiger partial charge in [-0.1, -0.05) is 19.1 Å². The Labute approximate surface area is 110 Å². The Morgan fingerprint density at radius 2 is 2.06 bits per heavy atom. The van der Waals surface area contributed by atoms with E-state index in [1.54, 1.807) is 7.11 Å². The lowest BCUT2D eigenvalue weighted by Gasteiger charge is -2.06. The summed E-state index contributed by atoms with van der Waals surface area (Å²) < 4.78 is 10.8. The smallest absolute Gasteiger partial charge is 0.119 e. The Morgan fingerprint density at radius 1 is 1.17 bits per heavy atom. The molecule has 0 spiro atoms. The number of unbranched alkanes of at least 4 members (excludes halogenated alkanes) is 2. The predicted octanol–water partition coefficient (Wildman–Crippen LogP) is 2.99. The second-order valence-corrected chi connectivity index (χ2v) is 4.32. The molecule has 102 valence electrons. The van der Waals surface area contributed by atoms with E-state index in [2.05, 4.69) is 18.3 Å². The van der Waals surface area contributed by atoms with Crippen molar-refractivity contribution in [2.45, 2.75) is 32.8 Å². The maximum absolute atomic E-state index is 5.65. The zero-order valence-corrected chi connectivity index (χ0v) is 11.6. The lowest BCUT2D eigenvalue weighted by atomic mass is 10.2. The van der Waals surface area contributed by atoms with Crippen LogP contribution in [0.4, 0.5) is 0 Å². The van der Waals surface area contributed by atoms with Gasteiger partial charge < -0.3 is 14.8 Å². The van der Waals surface area contributed by atoms with Crippen molar-refractivity contribution in [3.05, 3.63) is 29.8 Å². The topological polar surface area (TPSA) is 30.5 Å². The molecule has 0 atom stereocenters. The number of hydrogen-bond acceptors (Lipinski definition) is 3. The van der Waals surface area contributed by atoms with Crippen molar-refractivity contribution in [1.82, 2.24) is 5.32 Å². The Balaban J connectivity index is 2.03. The highest BCUT2D eigenvalue weighted by Gasteiger charge is 1.96. The zero-order chi connectivity index (χ0) is 13.1. The highest BCUT2D eigenvalue weighted by molar-refractivity contribution is 5.27. The van der Waals surface area contributed by atoms with Crippen molar-refractivity contribution in [1.29, 1.82) is 0 Å². The molecule has 0 unspecified atom stereocenters. The molecule has 1 N–H and O–H groups in total. The number of hydrogen-bond donors (Lipinski definition) is 1. The second-order valence-electron chi connectivity index (χ2n) is 4.32. The quantitative estimate of drug-likeness (QED) is 0.648. The van der Waals surface area contributed by atoms with Crippen LogP contribution in [0.5, 0.6) is 5.75 Å². The lowest BCUT2D eigenvalue weighted by molar-refractivity contribution is 0.116. The molecule has 3 nitrogen and oxygen atoms in total. The van der Waals surface area contributed by atoms with Crippen LogP contribution in [0.2, 0.25) is 0 Å². The lowest BCUT2D eigenvalue weighted by Crippen LogP contribution is -2.13. The van der Waals surface area contributed by atoms with E-state index in [0.717, 1.165) is 31.9 Å². The standard InChI is InChI=1S/C15H25NO2/c1-3-16-10-5-4-6-11-18-13-14-8-7-9-15(12-14)17-2/h7-9,12,16H,3-6,10-11,13H2,1-2H3. The Morgan fingerprint density at radius 3 is 2.83 bits per heavy atom. The van der Waals surface area contributed by atoms with E-state index in [1.807, 2.05) is 18.2 Å². The molecule has 0 aliphatic carbocycles. The predicted molar refractivity (Wildman–Crippen MR) is 75.0 cm³/mol. The third-order valence-corrected chi connectivity index (χ3v) is 2.80. The maximum atomic E-state index is 5.65. The minimum atomic E-state index is 0.671. The highest BCUT2D eigenvalue weighted by atomic mass is 16.5. The van der Waals surface area contributed by atoms with E-state index in [1.165, 1.54) is 18.4 Å². The molecule has 1 rings (SSSR count). The van der Waals surface area contributed by atoms with E-state index in [0.29, 0.717) is 6.61 Å². The minimum absolute atomic E-state index is 0.671. The van der Waals surface area contributed by atoms with Crippen LogP contribution < -0.4 is 10.1 Å². The fraction of sp³-hybridized carbons (Fsp3) is 0.600. The number of rotatable bonds is 10. The van der Waals surface area contributed by atoms with E-state index < -0.39 is 0 Å². The summed E-state index contributed by atoms with van der Waals surface area (Å²) in [7, 11) is 1.68. The third kappa shape index (κ3) is 6.62. The molecule has 0 saturated carbocycles. The third-order valence-electron chi connectivity index (χ3n) is 2.80. The van der Waals surface area contributed by atoms with E-state index in [4.69, 9.17) is 9.47 Å². The molecular formula is C15H25NO2. The van der Waals surface area contributed by atoms with Gasteiger partial charge >= 0.3 is 0 Å². The Hall–Kier alpha value is -1.06. The fourth-order valence-electron chi connectivity index (χ4n) is 1.76. The summed E-state index contributed by atoms with van der Waals surface area (Å²) >= 11 is 0. The summed E-state index contributed by atoms with van der Waals surface area (Å²) in [4.78, 5) is 0. The van der Waals surface area contributed by atoms with Gasteiger partial charge in [0.2, 0.25) is 0 Å². The number of nitrogens with one attached hydrogen (secondary N) is 1. The van der Waals surface area contributed by atoms with Gasteiger partial charge in [-0.3, -0.25) is 0 Å². The van der Waals surface area contributed by atoms with Gasteiger partial charge in [-0.15, -0.1) is 0 Å². The van der Waals surface area contributed by atoms with Gasteiger partial charge in [0.25, 0.3) is 0 Å². The van der Waals surface area contributed by atoms with Crippen LogP contribution in [0.1, 0.15) is 31.7 Å². The molecule has 0 aliphatic heterocycles. The summed E-state index contributed by atoms with van der Waals surface area (Å²) in [6, 6.07) is 8.02. The molecule has 0 aliphatic rings. The van der Waals surface area contributed by atoms with Crippen molar-refractivity contribution in [2.24, 2.45) is 0 Å². The van der Waals surface area contributed by atoms with Gasteiger partial charge in [-0.05, 0) is 50.0 Å². The Kier molecular flexibility index (Phi) is 8.26. The first kappa shape index (κ1) is 15.0. The summed E-state index contributed by atoms with van der Waals surface area (Å²) in [5.41, 5.74) is 1.17. The van der Waals surface area contributed by atoms with Gasteiger partial charge in [-0.25, -0.2) is 0 Å². The first-order valence-electron chi connectivity index (χ1n) is 6.78. The first-order chi connectivity index (χ1) is 8.86. The van der Waals surface area contributed by atoms with E-state index >= 15 is 0 Å². The van der Waals surface area contributed by atoms with Crippen molar-refractivity contribution in [3.8, 4) is 5.75 Å². The van der Waals surface area contributed by atoms with Crippen LogP contribution in [0, 0.1) is 0 Å². The van der Waals surface area contributed by atoms with Crippen molar-refractivity contribution < 1.29 is 9.47 Å². The molecule has 1 aromatic carbocycles. The van der Waals surface area contributed by atoms with Gasteiger partial charge in [-0.2, -0.15) is 0 Å². The SMILES string of the molecule is CCNCCCCCOCc1cccc(OC)c1. The largest absolute Gasteiger partial charge is 0.497 e. The summed E-state index contributed by atoms with van der Waals surface area (Å²) in [6.45, 7) is 5.82. The molecule has 18 heavy (non-hydrogen) atoms. The average molecular weight is 251 g/mol. The molecule has 0 saturated heterocycles. The highest BCUT2D eigenvalue weighted by Crippen LogP contribution is 2.13. The van der Waals surface area contributed by atoms with Crippen molar-refractivity contribution in [2.75, 3.05) is 26.8 Å². The van der Waals surface area contributed by atoms with Gasteiger partial charge in [0.05, 0.1) is 13.7 Å². The molecule has 0 amide bonds. The number of ether oxygens (including phenoxy) is 2. The molecule has 1 aromatic rings. The van der Waals surface area contributed by atoms with Gasteiger partial charge in [0.15, 0.2) is 0 Å². The van der Waals surface area contributed by atoms with Crippen LogP contribution >= 0.6 is 0 Å². The maximum Gasteiger partial charge on any atom is 0.119 e. The van der Waals surface area contributed by atoms with E-state index in [9.17, 15) is 0 Å². The number of methoxy groups -OCH3 is 1. The fourth-order valence-corrected chi connectivity index (χ4v) is 1.76. The average Bonchev–Trinajstić information content (AvgIpc) is 2.42. The van der Waals surface area contributed by atoms with Crippen LogP contribution in [0.15, 0.2) is 24.3 Å². The summed E-state index contributed by atoms with van der Waals surface area (Å²) in [5.74, 6) is 0.890. The van der Waals surface area contributed by atoms with Crippen LogP contribution in [-0.2, 0) is 11.3 Å². The molecule has 0 heterocycles. The molecule has 0 radical (unpaired) electrons. The second kappa shape index (κ2) is 9.92. The number of benzene rings is 1. The van der Waals surface area contributed by atoms with Crippen LogP contribution in [-0.4, -0.2) is 26.8 Å². The van der Waals surface area contributed by atoms with Crippen LogP contribution in [0.25, 0.3) is 0 Å². The minimum Gasteiger partial charge on any atom is -0.497 e. The van der Waals surface area contributed by atoms with Gasteiger partial charge in [0.1, 0.15) is 5.75 Å². The molecule has 3 heteroatoms. The molecule has 0 fully saturated rings. The molecule has 0 aromatic heterocycles. The first-order valence-corrected chi connectivity index (χ1v) is 6.78. The van der Waals surface area contributed by atoms with Crippen molar-refractivity contribution >= 4 is 0 Å². The summed E-state index contributed by atoms with van der Waals surface area (Å²) in [5, 5.41) is 3.32. The van der Waals surface area contributed by atoms with E-state index in [-0.39, 0.29) is 0 Å². The molecule has 0 bridgehead atoms. The monoisotopic (exact) mass is 251 g/mol. The van der Waals surface area contributed by atoms with Crippen molar-refractivity contribution in [3.63, 3.8) is 0 Å². The molecular weight excluding hydrogens is 226 g/mol. The van der Waals surface area contributed by atoms with Gasteiger partial charge in [0, 0.05) is 6.61 Å². The Bertz CT molecular complexity index is 315. The van der Waals surface area contributed by atoms with Crippen LogP contribution in [0.3, 0.4) is 0 Å². The zero-order valence-electron chi connectivity index (χ0n) is 11.6. The summed E-state index contributed by atoms with van der Waals surface area (Å²) in [6.07, 6.45) is 3.59. The normalized spacial score (nSPS) is 10.6.